The zero-order chi connectivity index (χ0) is 25.7. The topological polar surface area (TPSA) is 77.7 Å². The summed E-state index contributed by atoms with van der Waals surface area (Å²) < 4.78 is 6.02. The van der Waals surface area contributed by atoms with Gasteiger partial charge in [0.2, 0.25) is 5.91 Å². The summed E-state index contributed by atoms with van der Waals surface area (Å²) in [6.45, 7) is 10.3. The van der Waals surface area contributed by atoms with Crippen LogP contribution in [0.5, 0.6) is 11.5 Å². The Balaban J connectivity index is 1.57. The molecule has 1 atom stereocenters. The maximum Gasteiger partial charge on any atom is 0.271 e. The molecule has 2 amide bonds. The highest BCUT2D eigenvalue weighted by Gasteiger charge is 2.36. The van der Waals surface area contributed by atoms with E-state index in [1.54, 1.807) is 23.2 Å². The monoisotopic (exact) mass is 488 g/mol. The lowest BCUT2D eigenvalue weighted by molar-refractivity contribution is -0.126. The normalized spacial score (nSPS) is 15.3. The standard InChI is InChI=1S/C29H36N4O3/c1-20(2)32(21(3)4)18-16-31-28(34)27-25-13-12-24(36-23-9-6-5-7-10-23)19-22(25)14-17-33(27)29(35)26-11-8-15-30-26/h5-13,15,19-21,27,30H,14,16-18H2,1-4H3,(H,31,34). The molecule has 0 aliphatic carbocycles. The van der Waals surface area contributed by atoms with Crippen LogP contribution in [0.15, 0.2) is 66.9 Å². The first-order chi connectivity index (χ1) is 17.3. The number of carbonyl (C=O) groups excluding carboxylic acids is 2. The number of rotatable bonds is 9. The Morgan fingerprint density at radius 2 is 1.78 bits per heavy atom. The molecule has 2 heterocycles. The van der Waals surface area contributed by atoms with Crippen LogP contribution in [0.2, 0.25) is 0 Å². The van der Waals surface area contributed by atoms with Crippen LogP contribution in [-0.4, -0.2) is 58.3 Å². The van der Waals surface area contributed by atoms with Gasteiger partial charge in [0.05, 0.1) is 0 Å². The van der Waals surface area contributed by atoms with E-state index in [4.69, 9.17) is 4.74 Å². The van der Waals surface area contributed by atoms with Crippen LogP contribution in [0, 0.1) is 0 Å². The number of amides is 2. The second kappa shape index (κ2) is 11.4. The van der Waals surface area contributed by atoms with E-state index in [9.17, 15) is 9.59 Å². The molecule has 7 nitrogen and oxygen atoms in total. The number of aromatic nitrogens is 1. The Morgan fingerprint density at radius 3 is 2.44 bits per heavy atom. The number of benzene rings is 2. The molecule has 3 aromatic rings. The van der Waals surface area contributed by atoms with Gasteiger partial charge in [-0.3, -0.25) is 14.5 Å². The van der Waals surface area contributed by atoms with Crippen molar-refractivity contribution >= 4 is 11.8 Å². The van der Waals surface area contributed by atoms with E-state index in [1.807, 2.05) is 48.5 Å². The first-order valence-corrected chi connectivity index (χ1v) is 12.7. The third-order valence-electron chi connectivity index (χ3n) is 6.66. The zero-order valence-corrected chi connectivity index (χ0v) is 21.5. The molecular weight excluding hydrogens is 452 g/mol. The number of nitrogens with zero attached hydrogens (tertiary/aromatic N) is 2. The lowest BCUT2D eigenvalue weighted by Gasteiger charge is -2.37. The van der Waals surface area contributed by atoms with E-state index in [2.05, 4.69) is 42.9 Å². The minimum atomic E-state index is -0.707. The first kappa shape index (κ1) is 25.5. The lowest BCUT2D eigenvalue weighted by atomic mass is 9.91. The Labute approximate surface area is 213 Å². The second-order valence-corrected chi connectivity index (χ2v) is 9.73. The number of hydrogen-bond donors (Lipinski definition) is 2. The molecule has 0 saturated heterocycles. The molecule has 2 aromatic carbocycles. The largest absolute Gasteiger partial charge is 0.457 e. The number of carbonyl (C=O) groups is 2. The molecule has 0 fully saturated rings. The summed E-state index contributed by atoms with van der Waals surface area (Å²) in [6, 6.07) is 19.0. The molecule has 36 heavy (non-hydrogen) atoms. The summed E-state index contributed by atoms with van der Waals surface area (Å²) in [7, 11) is 0. The first-order valence-electron chi connectivity index (χ1n) is 12.7. The number of hydrogen-bond acceptors (Lipinski definition) is 4. The maximum absolute atomic E-state index is 13.6. The van der Waals surface area contributed by atoms with Crippen molar-refractivity contribution in [2.75, 3.05) is 19.6 Å². The van der Waals surface area contributed by atoms with Gasteiger partial charge in [-0.15, -0.1) is 0 Å². The zero-order valence-electron chi connectivity index (χ0n) is 21.5. The van der Waals surface area contributed by atoms with Crippen molar-refractivity contribution in [3.05, 3.63) is 83.7 Å². The van der Waals surface area contributed by atoms with Crippen molar-refractivity contribution in [1.82, 2.24) is 20.1 Å². The van der Waals surface area contributed by atoms with Gasteiger partial charge in [0.1, 0.15) is 23.2 Å². The van der Waals surface area contributed by atoms with Crippen molar-refractivity contribution in [3.8, 4) is 11.5 Å². The molecule has 0 spiro atoms. The van der Waals surface area contributed by atoms with Crippen LogP contribution in [0.1, 0.15) is 55.4 Å². The Bertz CT molecular complexity index is 1150. The molecule has 190 valence electrons. The number of nitrogens with one attached hydrogen (secondary N) is 2. The molecule has 1 aliphatic rings. The molecule has 1 unspecified atom stereocenters. The molecular formula is C29H36N4O3. The van der Waals surface area contributed by atoms with Gasteiger partial charge in [-0.1, -0.05) is 24.3 Å². The highest BCUT2D eigenvalue weighted by molar-refractivity contribution is 5.97. The fraction of sp³-hybridized carbons (Fsp3) is 0.379. The van der Waals surface area contributed by atoms with Crippen LogP contribution in [-0.2, 0) is 11.2 Å². The van der Waals surface area contributed by atoms with Crippen LogP contribution < -0.4 is 10.1 Å². The molecule has 1 aromatic heterocycles. The average Bonchev–Trinajstić information content (AvgIpc) is 3.40. The van der Waals surface area contributed by atoms with Gasteiger partial charge >= 0.3 is 0 Å². The van der Waals surface area contributed by atoms with Crippen molar-refractivity contribution in [1.29, 1.82) is 0 Å². The predicted molar refractivity (Wildman–Crippen MR) is 141 cm³/mol. The third kappa shape index (κ3) is 5.79. The molecule has 2 N–H and O–H groups in total. The fourth-order valence-electron chi connectivity index (χ4n) is 4.93. The molecule has 0 bridgehead atoms. The highest BCUT2D eigenvalue weighted by Crippen LogP contribution is 2.34. The smallest absolute Gasteiger partial charge is 0.271 e. The van der Waals surface area contributed by atoms with Crippen molar-refractivity contribution < 1.29 is 14.3 Å². The van der Waals surface area contributed by atoms with Crippen molar-refractivity contribution in [2.24, 2.45) is 0 Å². The van der Waals surface area contributed by atoms with Crippen molar-refractivity contribution in [3.63, 3.8) is 0 Å². The summed E-state index contributed by atoms with van der Waals surface area (Å²) in [6.07, 6.45) is 2.37. The summed E-state index contributed by atoms with van der Waals surface area (Å²) in [5.41, 5.74) is 2.33. The fourth-order valence-corrected chi connectivity index (χ4v) is 4.93. The Morgan fingerprint density at radius 1 is 1.03 bits per heavy atom. The van der Waals surface area contributed by atoms with Gasteiger partial charge in [-0.05, 0) is 81.6 Å². The summed E-state index contributed by atoms with van der Waals surface area (Å²) in [4.78, 5) is 33.9. The highest BCUT2D eigenvalue weighted by atomic mass is 16.5. The minimum absolute atomic E-state index is 0.167. The number of aromatic amines is 1. The van der Waals surface area contributed by atoms with Gasteiger partial charge in [0.15, 0.2) is 0 Å². The van der Waals surface area contributed by atoms with E-state index in [0.717, 1.165) is 23.4 Å². The van der Waals surface area contributed by atoms with E-state index in [-0.39, 0.29) is 11.8 Å². The van der Waals surface area contributed by atoms with Crippen LogP contribution in [0.25, 0.3) is 0 Å². The van der Waals surface area contributed by atoms with Crippen LogP contribution in [0.3, 0.4) is 0 Å². The lowest BCUT2D eigenvalue weighted by Crippen LogP contribution is -2.49. The van der Waals surface area contributed by atoms with Gasteiger partial charge in [-0.25, -0.2) is 0 Å². The molecule has 7 heteroatoms. The van der Waals surface area contributed by atoms with E-state index >= 15 is 0 Å². The van der Waals surface area contributed by atoms with Crippen molar-refractivity contribution in [2.45, 2.75) is 52.2 Å². The number of para-hydroxylation sites is 1. The minimum Gasteiger partial charge on any atom is -0.457 e. The van der Waals surface area contributed by atoms with E-state index < -0.39 is 6.04 Å². The Hall–Kier alpha value is -3.58. The predicted octanol–water partition coefficient (Wildman–Crippen LogP) is 4.78. The van der Waals surface area contributed by atoms with Gasteiger partial charge in [0, 0.05) is 37.9 Å². The summed E-state index contributed by atoms with van der Waals surface area (Å²) in [5.74, 6) is 1.13. The summed E-state index contributed by atoms with van der Waals surface area (Å²) in [5, 5.41) is 3.10. The SMILES string of the molecule is CC(C)N(CCNC(=O)C1c2ccc(Oc3ccccc3)cc2CCN1C(=O)c1ccc[nH]1)C(C)C. The quantitative estimate of drug-likeness (QED) is 0.454. The van der Waals surface area contributed by atoms with E-state index in [0.29, 0.717) is 43.0 Å². The van der Waals surface area contributed by atoms with Gasteiger partial charge in [-0.2, -0.15) is 0 Å². The van der Waals surface area contributed by atoms with Gasteiger partial charge in [0.25, 0.3) is 5.91 Å². The third-order valence-corrected chi connectivity index (χ3v) is 6.66. The average molecular weight is 489 g/mol. The maximum atomic E-state index is 13.6. The molecule has 0 radical (unpaired) electrons. The Kier molecular flexibility index (Phi) is 8.10. The van der Waals surface area contributed by atoms with Crippen LogP contribution >= 0.6 is 0 Å². The van der Waals surface area contributed by atoms with Crippen LogP contribution in [0.4, 0.5) is 0 Å². The summed E-state index contributed by atoms with van der Waals surface area (Å²) >= 11 is 0. The second-order valence-electron chi connectivity index (χ2n) is 9.73. The van der Waals surface area contributed by atoms with Gasteiger partial charge < -0.3 is 19.9 Å². The number of ether oxygens (including phenoxy) is 1. The van der Waals surface area contributed by atoms with E-state index in [1.165, 1.54) is 0 Å². The molecule has 0 saturated carbocycles. The number of fused-ring (bicyclic) bond motifs is 1. The molecule has 4 rings (SSSR count). The number of H-pyrrole nitrogens is 1. The molecule has 1 aliphatic heterocycles.